The molecule has 0 spiro atoms. The third-order valence-electron chi connectivity index (χ3n) is 4.72. The van der Waals surface area contributed by atoms with Crippen LogP contribution in [-0.2, 0) is 27.4 Å². The first-order chi connectivity index (χ1) is 12.5. The van der Waals surface area contributed by atoms with Gasteiger partial charge in [-0.15, -0.1) is 0 Å². The molecule has 10 heteroatoms. The number of amides is 4. The summed E-state index contributed by atoms with van der Waals surface area (Å²) in [4.78, 5) is 57.3. The minimum Gasteiger partial charge on any atom is -0.433 e. The molecule has 0 aliphatic carbocycles. The van der Waals surface area contributed by atoms with Crippen LogP contribution in [0, 0.1) is 6.92 Å². The molecule has 4 amide bonds. The third kappa shape index (κ3) is 3.15. The molecule has 2 aliphatic heterocycles. The van der Waals surface area contributed by atoms with E-state index in [9.17, 15) is 19.2 Å². The van der Waals surface area contributed by atoms with Gasteiger partial charge in [0.05, 0.1) is 12.2 Å². The molecule has 10 nitrogen and oxygen atoms in total. The molecule has 3 rings (SSSR count). The molecule has 2 aliphatic rings. The fourth-order valence-electron chi connectivity index (χ4n) is 3.25. The summed E-state index contributed by atoms with van der Waals surface area (Å²) in [6.45, 7) is 5.35. The second-order valence-corrected chi connectivity index (χ2v) is 7.40. The van der Waals surface area contributed by atoms with E-state index in [2.05, 4.69) is 4.98 Å². The number of fused-ring (bicyclic) bond motifs is 1. The highest BCUT2D eigenvalue weighted by Crippen LogP contribution is 2.24. The number of nitrogens with zero attached hydrogens (tertiary/aromatic N) is 5. The lowest BCUT2D eigenvalue weighted by Gasteiger charge is -2.29. The second-order valence-electron chi connectivity index (χ2n) is 7.40. The van der Waals surface area contributed by atoms with Gasteiger partial charge < -0.3 is 19.1 Å². The largest absolute Gasteiger partial charge is 0.433 e. The highest BCUT2D eigenvalue weighted by atomic mass is 16.6. The number of imidazole rings is 1. The van der Waals surface area contributed by atoms with Crippen molar-refractivity contribution in [2.24, 2.45) is 0 Å². The van der Waals surface area contributed by atoms with E-state index in [0.717, 1.165) is 4.90 Å². The predicted molar refractivity (Wildman–Crippen MR) is 92.7 cm³/mol. The van der Waals surface area contributed by atoms with Crippen molar-refractivity contribution in [1.29, 1.82) is 0 Å². The molecule has 27 heavy (non-hydrogen) atoms. The Kier molecular flexibility index (Phi) is 4.44. The zero-order valence-electron chi connectivity index (χ0n) is 16.1. The van der Waals surface area contributed by atoms with Gasteiger partial charge >= 0.3 is 6.09 Å². The Morgan fingerprint density at radius 1 is 1.22 bits per heavy atom. The first-order valence-electron chi connectivity index (χ1n) is 8.63. The Labute approximate surface area is 156 Å². The third-order valence-corrected chi connectivity index (χ3v) is 4.72. The van der Waals surface area contributed by atoms with Crippen molar-refractivity contribution < 1.29 is 23.9 Å². The summed E-state index contributed by atoms with van der Waals surface area (Å²) in [6.07, 6.45) is -0.813. The topological polar surface area (TPSA) is 105 Å². The predicted octanol–water partition coefficient (Wildman–Crippen LogP) is -0.00708. The molecule has 1 aromatic heterocycles. The monoisotopic (exact) mass is 377 g/mol. The molecular weight excluding hydrogens is 354 g/mol. The zero-order valence-corrected chi connectivity index (χ0v) is 16.1. The van der Waals surface area contributed by atoms with Crippen LogP contribution in [0.4, 0.5) is 4.79 Å². The Morgan fingerprint density at radius 2 is 1.89 bits per heavy atom. The van der Waals surface area contributed by atoms with Crippen LogP contribution in [0.2, 0.25) is 0 Å². The average Bonchev–Trinajstić information content (AvgIpc) is 3.00. The maximum Gasteiger partial charge on any atom is 0.418 e. The molecule has 0 unspecified atom stereocenters. The van der Waals surface area contributed by atoms with Gasteiger partial charge in [-0.2, -0.15) is 0 Å². The van der Waals surface area contributed by atoms with Crippen LogP contribution >= 0.6 is 0 Å². The van der Waals surface area contributed by atoms with Gasteiger partial charge in [0.25, 0.3) is 11.8 Å². The molecule has 1 saturated heterocycles. The molecule has 1 fully saturated rings. The van der Waals surface area contributed by atoms with Gasteiger partial charge in [-0.05, 0) is 20.8 Å². The summed E-state index contributed by atoms with van der Waals surface area (Å²) in [6, 6.07) is 0. The fourth-order valence-corrected chi connectivity index (χ4v) is 3.25. The minimum absolute atomic E-state index is 0.140. The summed E-state index contributed by atoms with van der Waals surface area (Å²) in [5.41, 5.74) is -0.131. The van der Waals surface area contributed by atoms with Gasteiger partial charge in [0.1, 0.15) is 18.1 Å². The van der Waals surface area contributed by atoms with Crippen LogP contribution in [0.5, 0.6) is 0 Å². The number of ether oxygens (including phenoxy) is 1. The van der Waals surface area contributed by atoms with Crippen molar-refractivity contribution in [3.63, 3.8) is 0 Å². The van der Waals surface area contributed by atoms with E-state index in [4.69, 9.17) is 4.74 Å². The molecule has 0 aromatic carbocycles. The van der Waals surface area contributed by atoms with Crippen LogP contribution in [0.15, 0.2) is 0 Å². The van der Waals surface area contributed by atoms with E-state index in [1.54, 1.807) is 21.0 Å². The van der Waals surface area contributed by atoms with Gasteiger partial charge in [0, 0.05) is 27.2 Å². The average molecular weight is 377 g/mol. The van der Waals surface area contributed by atoms with E-state index in [1.807, 2.05) is 4.57 Å². The molecule has 1 aromatic rings. The van der Waals surface area contributed by atoms with Crippen molar-refractivity contribution in [2.75, 3.05) is 27.2 Å². The molecule has 0 N–H and O–H groups in total. The van der Waals surface area contributed by atoms with Gasteiger partial charge in [-0.1, -0.05) is 0 Å². The summed E-state index contributed by atoms with van der Waals surface area (Å²) in [5.74, 6) is -0.439. The number of rotatable bonds is 3. The van der Waals surface area contributed by atoms with E-state index < -0.39 is 17.6 Å². The Balaban J connectivity index is 1.74. The number of hydrogen-bond donors (Lipinski definition) is 0. The second kappa shape index (κ2) is 6.36. The number of aryl methyl sites for hydroxylation is 1. The SMILES string of the molecule is Cc1nc2n(c1C(=O)N(C)C)CCN(C(=O)CN1C(=O)OC(C)(C)C1=O)C2. The lowest BCUT2D eigenvalue weighted by Crippen LogP contribution is -2.46. The van der Waals surface area contributed by atoms with Gasteiger partial charge in [-0.3, -0.25) is 14.4 Å². The lowest BCUT2D eigenvalue weighted by molar-refractivity contribution is -0.140. The number of carbonyl (C=O) groups is 4. The lowest BCUT2D eigenvalue weighted by atomic mass is 10.1. The highest BCUT2D eigenvalue weighted by Gasteiger charge is 2.48. The maximum atomic E-state index is 12.6. The summed E-state index contributed by atoms with van der Waals surface area (Å²) in [5, 5.41) is 0. The van der Waals surface area contributed by atoms with Crippen molar-refractivity contribution in [3.8, 4) is 0 Å². The van der Waals surface area contributed by atoms with Crippen LogP contribution in [-0.4, -0.2) is 80.9 Å². The fraction of sp³-hybridized carbons (Fsp3) is 0.588. The van der Waals surface area contributed by atoms with Crippen LogP contribution in [0.25, 0.3) is 0 Å². The number of imide groups is 1. The van der Waals surface area contributed by atoms with Crippen molar-refractivity contribution in [2.45, 2.75) is 39.5 Å². The Hall–Kier alpha value is -2.91. The van der Waals surface area contributed by atoms with E-state index in [-0.39, 0.29) is 24.9 Å². The Morgan fingerprint density at radius 3 is 2.44 bits per heavy atom. The number of aromatic nitrogens is 2. The first kappa shape index (κ1) is 18.9. The molecule has 0 atom stereocenters. The summed E-state index contributed by atoms with van der Waals surface area (Å²) < 4.78 is 6.81. The number of carbonyl (C=O) groups excluding carboxylic acids is 4. The number of cyclic esters (lactones) is 1. The Bertz CT molecular complexity index is 841. The van der Waals surface area contributed by atoms with Crippen LogP contribution in [0.3, 0.4) is 0 Å². The van der Waals surface area contributed by atoms with Crippen molar-refractivity contribution >= 4 is 23.8 Å². The first-order valence-corrected chi connectivity index (χ1v) is 8.63. The quantitative estimate of drug-likeness (QED) is 0.734. The highest BCUT2D eigenvalue weighted by molar-refractivity contribution is 6.04. The molecule has 3 heterocycles. The van der Waals surface area contributed by atoms with Gasteiger partial charge in [0.2, 0.25) is 5.91 Å². The molecule has 0 bridgehead atoms. The van der Waals surface area contributed by atoms with E-state index >= 15 is 0 Å². The minimum atomic E-state index is -1.26. The van der Waals surface area contributed by atoms with E-state index in [1.165, 1.54) is 23.6 Å². The summed E-state index contributed by atoms with van der Waals surface area (Å²) in [7, 11) is 3.35. The molecule has 0 radical (unpaired) electrons. The summed E-state index contributed by atoms with van der Waals surface area (Å²) >= 11 is 0. The van der Waals surface area contributed by atoms with Gasteiger partial charge in [-0.25, -0.2) is 14.7 Å². The molecular formula is C17H23N5O5. The van der Waals surface area contributed by atoms with Crippen LogP contribution in [0.1, 0.15) is 35.9 Å². The van der Waals surface area contributed by atoms with Gasteiger partial charge in [0.15, 0.2) is 5.60 Å². The standard InChI is InChI=1S/C17H23N5O5/c1-10-13(14(24)19(4)5)21-7-6-20(8-11(21)18-10)12(23)9-22-15(25)17(2,3)27-16(22)26/h6-9H2,1-5H3. The number of hydrogen-bond acceptors (Lipinski definition) is 6. The smallest absolute Gasteiger partial charge is 0.418 e. The van der Waals surface area contributed by atoms with Crippen LogP contribution < -0.4 is 0 Å². The molecule has 0 saturated carbocycles. The van der Waals surface area contributed by atoms with Crippen molar-refractivity contribution in [1.82, 2.24) is 24.3 Å². The zero-order chi connectivity index (χ0) is 20.1. The molecule has 146 valence electrons. The maximum absolute atomic E-state index is 12.6. The normalized spacial score (nSPS) is 18.4. The van der Waals surface area contributed by atoms with E-state index in [0.29, 0.717) is 30.3 Å². The van der Waals surface area contributed by atoms with Crippen molar-refractivity contribution in [3.05, 3.63) is 17.2 Å².